The van der Waals surface area contributed by atoms with Gasteiger partial charge in [-0.25, -0.2) is 18.7 Å². The van der Waals surface area contributed by atoms with Crippen molar-refractivity contribution in [1.82, 2.24) is 9.97 Å². The van der Waals surface area contributed by atoms with Crippen LogP contribution in [0.1, 0.15) is 5.56 Å². The fourth-order valence-electron chi connectivity index (χ4n) is 2.42. The highest BCUT2D eigenvalue weighted by Crippen LogP contribution is 2.33. The number of halogens is 4. The van der Waals surface area contributed by atoms with Crippen LogP contribution >= 0.6 is 23.2 Å². The van der Waals surface area contributed by atoms with Crippen molar-refractivity contribution >= 4 is 34.8 Å². The number of hydrogen-bond donors (Lipinski definition) is 1. The molecule has 2 heterocycles. The molecule has 0 saturated carbocycles. The summed E-state index contributed by atoms with van der Waals surface area (Å²) in [6.07, 6.45) is 1.06. The molecular formula is C18H13Cl2F2N3O. The second kappa shape index (κ2) is 7.85. The van der Waals surface area contributed by atoms with E-state index in [4.69, 9.17) is 27.9 Å². The van der Waals surface area contributed by atoms with Crippen molar-refractivity contribution in [3.05, 3.63) is 64.9 Å². The predicted molar refractivity (Wildman–Crippen MR) is 98.2 cm³/mol. The van der Waals surface area contributed by atoms with Gasteiger partial charge in [0.2, 0.25) is 0 Å². The number of alkyl halides is 1. The monoisotopic (exact) mass is 395 g/mol. The lowest BCUT2D eigenvalue weighted by Crippen LogP contribution is -2.00. The number of aromatic nitrogens is 2. The van der Waals surface area contributed by atoms with Crippen molar-refractivity contribution in [2.24, 2.45) is 0 Å². The molecule has 0 amide bonds. The Hall–Kier alpha value is -2.44. The predicted octanol–water partition coefficient (Wildman–Crippen LogP) is 5.57. The molecule has 0 unspecified atom stereocenters. The fraction of sp³-hybridized carbons (Fsp3) is 0.111. The average Bonchev–Trinajstić information content (AvgIpc) is 2.63. The summed E-state index contributed by atoms with van der Waals surface area (Å²) in [4.78, 5) is 8.14. The summed E-state index contributed by atoms with van der Waals surface area (Å²) in [5, 5.41) is 3.23. The Kier molecular flexibility index (Phi) is 5.54. The van der Waals surface area contributed by atoms with E-state index in [-0.39, 0.29) is 22.3 Å². The van der Waals surface area contributed by atoms with Crippen LogP contribution in [0.15, 0.2) is 42.6 Å². The maximum absolute atomic E-state index is 14.3. The average molecular weight is 396 g/mol. The van der Waals surface area contributed by atoms with Crippen LogP contribution in [0.5, 0.6) is 5.75 Å². The zero-order valence-electron chi connectivity index (χ0n) is 13.6. The lowest BCUT2D eigenvalue weighted by atomic mass is 10.0. The number of rotatable bonds is 5. The number of hydrogen-bond acceptors (Lipinski definition) is 4. The Morgan fingerprint density at radius 3 is 2.62 bits per heavy atom. The molecule has 8 heteroatoms. The van der Waals surface area contributed by atoms with Crippen LogP contribution < -0.4 is 10.1 Å². The van der Waals surface area contributed by atoms with Gasteiger partial charge in [0.05, 0.1) is 13.3 Å². The number of nitrogens with one attached hydrogen (secondary N) is 1. The molecule has 0 aliphatic heterocycles. The van der Waals surface area contributed by atoms with Gasteiger partial charge in [-0.1, -0.05) is 11.6 Å². The smallest absolute Gasteiger partial charge is 0.149 e. The second-order valence-corrected chi connectivity index (χ2v) is 5.99. The van der Waals surface area contributed by atoms with E-state index < -0.39 is 11.6 Å². The van der Waals surface area contributed by atoms with Crippen molar-refractivity contribution in [2.75, 3.05) is 12.4 Å². The molecule has 3 aromatic rings. The van der Waals surface area contributed by atoms with Gasteiger partial charge in [0, 0.05) is 23.1 Å². The zero-order valence-corrected chi connectivity index (χ0v) is 15.1. The SMILES string of the molecule is COc1cc(F)ccc1-c1cc(Nc2cc(CCl)cc(Cl)n2)ncc1F. The van der Waals surface area contributed by atoms with E-state index in [2.05, 4.69) is 15.3 Å². The van der Waals surface area contributed by atoms with E-state index in [1.54, 1.807) is 12.1 Å². The quantitative estimate of drug-likeness (QED) is 0.453. The molecule has 1 aromatic carbocycles. The Morgan fingerprint density at radius 2 is 1.88 bits per heavy atom. The molecule has 0 spiro atoms. The number of methoxy groups -OCH3 is 1. The molecule has 0 aliphatic rings. The Labute approximate surface area is 158 Å². The first-order chi connectivity index (χ1) is 12.5. The van der Waals surface area contributed by atoms with Gasteiger partial charge < -0.3 is 10.1 Å². The maximum atomic E-state index is 14.3. The van der Waals surface area contributed by atoms with Gasteiger partial charge in [0.1, 0.15) is 34.2 Å². The summed E-state index contributed by atoms with van der Waals surface area (Å²) in [5.74, 6) is 0.195. The first kappa shape index (κ1) is 18.4. The molecule has 0 atom stereocenters. The third kappa shape index (κ3) is 4.03. The van der Waals surface area contributed by atoms with E-state index in [1.807, 2.05) is 0 Å². The zero-order chi connectivity index (χ0) is 18.7. The van der Waals surface area contributed by atoms with E-state index in [1.165, 1.54) is 31.4 Å². The number of ether oxygens (including phenoxy) is 1. The number of nitrogens with zero attached hydrogens (tertiary/aromatic N) is 2. The van der Waals surface area contributed by atoms with Gasteiger partial charge in [0.25, 0.3) is 0 Å². The normalized spacial score (nSPS) is 10.7. The van der Waals surface area contributed by atoms with E-state index >= 15 is 0 Å². The largest absolute Gasteiger partial charge is 0.496 e. The van der Waals surface area contributed by atoms with Gasteiger partial charge in [-0.2, -0.15) is 0 Å². The van der Waals surface area contributed by atoms with Gasteiger partial charge in [-0.3, -0.25) is 0 Å². The van der Waals surface area contributed by atoms with Crippen LogP contribution in [0.4, 0.5) is 20.4 Å². The lowest BCUT2D eigenvalue weighted by Gasteiger charge is -2.12. The minimum atomic E-state index is -0.569. The van der Waals surface area contributed by atoms with Crippen LogP contribution in [0.2, 0.25) is 5.15 Å². The van der Waals surface area contributed by atoms with Crippen LogP contribution in [0.25, 0.3) is 11.1 Å². The molecule has 1 N–H and O–H groups in total. The van der Waals surface area contributed by atoms with Gasteiger partial charge in [-0.05, 0) is 35.9 Å². The highest BCUT2D eigenvalue weighted by molar-refractivity contribution is 6.29. The molecule has 134 valence electrons. The number of pyridine rings is 2. The highest BCUT2D eigenvalue weighted by atomic mass is 35.5. The maximum Gasteiger partial charge on any atom is 0.149 e. The standard InChI is InChI=1S/C18H13Cl2F2N3O/c1-26-15-6-11(21)2-3-12(15)13-7-17(23-9-14(13)22)25-18-5-10(8-19)4-16(20)24-18/h2-7,9H,8H2,1H3,(H,23,24,25). The van der Waals surface area contributed by atoms with Crippen LogP contribution in [-0.2, 0) is 5.88 Å². The summed E-state index contributed by atoms with van der Waals surface area (Å²) < 4.78 is 32.8. The minimum Gasteiger partial charge on any atom is -0.496 e. The van der Waals surface area contributed by atoms with Crippen molar-refractivity contribution in [3.63, 3.8) is 0 Å². The summed E-state index contributed by atoms with van der Waals surface area (Å²) >= 11 is 11.8. The van der Waals surface area contributed by atoms with Crippen molar-refractivity contribution in [2.45, 2.75) is 5.88 Å². The fourth-order valence-corrected chi connectivity index (χ4v) is 2.81. The Balaban J connectivity index is 2.00. The van der Waals surface area contributed by atoms with Crippen molar-refractivity contribution in [1.29, 1.82) is 0 Å². The van der Waals surface area contributed by atoms with E-state index in [9.17, 15) is 8.78 Å². The molecule has 3 rings (SSSR count). The molecular weight excluding hydrogens is 383 g/mol. The first-order valence-electron chi connectivity index (χ1n) is 7.49. The van der Waals surface area contributed by atoms with Gasteiger partial charge in [-0.15, -0.1) is 11.6 Å². The van der Waals surface area contributed by atoms with Crippen molar-refractivity contribution < 1.29 is 13.5 Å². The topological polar surface area (TPSA) is 47.0 Å². The first-order valence-corrected chi connectivity index (χ1v) is 8.40. The molecule has 0 saturated heterocycles. The Bertz CT molecular complexity index is 954. The lowest BCUT2D eigenvalue weighted by molar-refractivity contribution is 0.412. The molecule has 0 fully saturated rings. The van der Waals surface area contributed by atoms with Crippen LogP contribution in [0, 0.1) is 11.6 Å². The highest BCUT2D eigenvalue weighted by Gasteiger charge is 2.14. The second-order valence-electron chi connectivity index (χ2n) is 5.34. The molecule has 2 aromatic heterocycles. The van der Waals surface area contributed by atoms with Gasteiger partial charge >= 0.3 is 0 Å². The van der Waals surface area contributed by atoms with Gasteiger partial charge in [0.15, 0.2) is 0 Å². The molecule has 0 bridgehead atoms. The Morgan fingerprint density at radius 1 is 1.08 bits per heavy atom. The molecule has 0 aliphatic carbocycles. The minimum absolute atomic E-state index is 0.207. The van der Waals surface area contributed by atoms with Crippen molar-refractivity contribution in [3.8, 4) is 16.9 Å². The number of anilines is 2. The van der Waals surface area contributed by atoms with Crippen LogP contribution in [0.3, 0.4) is 0 Å². The molecule has 26 heavy (non-hydrogen) atoms. The summed E-state index contributed by atoms with van der Waals surface area (Å²) in [6, 6.07) is 8.70. The van der Waals surface area contributed by atoms with E-state index in [0.717, 1.165) is 11.8 Å². The molecule has 0 radical (unpaired) electrons. The summed E-state index contributed by atoms with van der Waals surface area (Å²) in [7, 11) is 1.39. The third-order valence-electron chi connectivity index (χ3n) is 3.57. The number of benzene rings is 1. The third-order valence-corrected chi connectivity index (χ3v) is 4.08. The van der Waals surface area contributed by atoms with Crippen LogP contribution in [-0.4, -0.2) is 17.1 Å². The summed E-state index contributed by atoms with van der Waals surface area (Å²) in [5.41, 5.74) is 1.38. The summed E-state index contributed by atoms with van der Waals surface area (Å²) in [6.45, 7) is 0. The molecule has 4 nitrogen and oxygen atoms in total. The van der Waals surface area contributed by atoms with E-state index in [0.29, 0.717) is 17.2 Å².